The van der Waals surface area contributed by atoms with Crippen LogP contribution in [0.25, 0.3) is 33.4 Å². The highest BCUT2D eigenvalue weighted by molar-refractivity contribution is 5.90. The molecule has 5 aliphatic carbocycles. The lowest BCUT2D eigenvalue weighted by Gasteiger charge is -2.57. The van der Waals surface area contributed by atoms with Gasteiger partial charge < -0.3 is 4.90 Å². The number of hydrogen-bond donors (Lipinski definition) is 0. The second-order valence-corrected chi connectivity index (χ2v) is 16.4. The van der Waals surface area contributed by atoms with Gasteiger partial charge >= 0.3 is 0 Å². The summed E-state index contributed by atoms with van der Waals surface area (Å²) in [5.74, 6) is 2.90. The summed E-state index contributed by atoms with van der Waals surface area (Å²) in [5, 5.41) is 0. The molecule has 0 spiro atoms. The Bertz CT molecular complexity index is 2170. The molecular formula is C49H45N. The first-order chi connectivity index (χ1) is 24.4. The van der Waals surface area contributed by atoms with Crippen LogP contribution in [0, 0.1) is 17.8 Å². The van der Waals surface area contributed by atoms with Gasteiger partial charge in [0.05, 0.1) is 5.69 Å². The van der Waals surface area contributed by atoms with Crippen LogP contribution in [0.4, 0.5) is 17.1 Å². The zero-order valence-corrected chi connectivity index (χ0v) is 29.3. The van der Waals surface area contributed by atoms with Crippen molar-refractivity contribution in [1.82, 2.24) is 0 Å². The topological polar surface area (TPSA) is 3.24 Å². The minimum Gasteiger partial charge on any atom is -0.310 e. The lowest BCUT2D eigenvalue weighted by Crippen LogP contribution is -2.48. The van der Waals surface area contributed by atoms with Gasteiger partial charge in [-0.1, -0.05) is 129 Å². The first kappa shape index (κ1) is 30.0. The van der Waals surface area contributed by atoms with E-state index in [4.69, 9.17) is 0 Å². The fraction of sp³-hybridized carbons (Fsp3) is 0.265. The molecule has 0 N–H and O–H groups in total. The smallest absolute Gasteiger partial charge is 0.0540 e. The summed E-state index contributed by atoms with van der Waals surface area (Å²) in [4.78, 5) is 2.46. The number of rotatable bonds is 6. The average molecular weight is 648 g/mol. The van der Waals surface area contributed by atoms with Crippen LogP contribution >= 0.6 is 0 Å². The Balaban J connectivity index is 1.04. The van der Waals surface area contributed by atoms with Gasteiger partial charge in [-0.3, -0.25) is 0 Å². The maximum Gasteiger partial charge on any atom is 0.0540 e. The van der Waals surface area contributed by atoms with Crippen LogP contribution in [0.2, 0.25) is 0 Å². The average Bonchev–Trinajstić information content (AvgIpc) is 3.38. The normalized spacial score (nSPS) is 23.8. The molecule has 4 fully saturated rings. The van der Waals surface area contributed by atoms with Crippen molar-refractivity contribution >= 4 is 17.1 Å². The largest absolute Gasteiger partial charge is 0.310 e. The Morgan fingerprint density at radius 1 is 0.460 bits per heavy atom. The quantitative estimate of drug-likeness (QED) is 0.174. The second-order valence-electron chi connectivity index (χ2n) is 16.4. The molecular weight excluding hydrogens is 603 g/mol. The minimum absolute atomic E-state index is 0.0707. The Labute approximate surface area is 297 Å². The molecule has 4 saturated carbocycles. The van der Waals surface area contributed by atoms with Crippen molar-refractivity contribution in [3.05, 3.63) is 162 Å². The predicted octanol–water partition coefficient (Wildman–Crippen LogP) is 13.3. The van der Waals surface area contributed by atoms with Crippen LogP contribution in [0.15, 0.2) is 146 Å². The standard InChI is InChI=1S/C49H45N/c1-48(2)45-14-8-6-13-43(45)44-25-24-41(29-46(44)48)50(47-15-9-7-12-42(47)38-10-4-3-5-11-38)40-22-18-37(19-23-40)36-16-20-39(21-17-36)49-30-33-26-34(31-49)28-35(27-33)32-49/h3-25,29,33-35H,26-28,30-32H2,1-2H3. The van der Waals surface area contributed by atoms with Gasteiger partial charge in [-0.15, -0.1) is 0 Å². The van der Waals surface area contributed by atoms with E-state index in [9.17, 15) is 0 Å². The highest BCUT2D eigenvalue weighted by Crippen LogP contribution is 2.61. The van der Waals surface area contributed by atoms with Crippen LogP contribution in [-0.2, 0) is 10.8 Å². The van der Waals surface area contributed by atoms with E-state index in [1.807, 2.05) is 0 Å². The second kappa shape index (κ2) is 11.3. The third-order valence-corrected chi connectivity index (χ3v) is 13.0. The van der Waals surface area contributed by atoms with E-state index in [0.29, 0.717) is 5.41 Å². The van der Waals surface area contributed by atoms with Crippen molar-refractivity contribution in [3.63, 3.8) is 0 Å². The number of para-hydroxylation sites is 1. The number of benzene rings is 6. The third-order valence-electron chi connectivity index (χ3n) is 13.0. The predicted molar refractivity (Wildman–Crippen MR) is 209 cm³/mol. The van der Waals surface area contributed by atoms with E-state index in [0.717, 1.165) is 23.4 Å². The van der Waals surface area contributed by atoms with Crippen LogP contribution in [0.3, 0.4) is 0 Å². The Morgan fingerprint density at radius 3 is 1.68 bits per heavy atom. The monoisotopic (exact) mass is 647 g/mol. The first-order valence-electron chi connectivity index (χ1n) is 18.9. The summed E-state index contributed by atoms with van der Waals surface area (Å²) >= 11 is 0. The summed E-state index contributed by atoms with van der Waals surface area (Å²) in [5.41, 5.74) is 16.0. The number of anilines is 3. The maximum absolute atomic E-state index is 2.48. The molecule has 0 aliphatic heterocycles. The molecule has 4 bridgehead atoms. The van der Waals surface area contributed by atoms with E-state index in [-0.39, 0.29) is 5.41 Å². The molecule has 0 atom stereocenters. The molecule has 6 aromatic rings. The molecule has 246 valence electrons. The van der Waals surface area contributed by atoms with Crippen molar-refractivity contribution in [1.29, 1.82) is 0 Å². The van der Waals surface area contributed by atoms with Gasteiger partial charge in [-0.25, -0.2) is 0 Å². The Kier molecular flexibility index (Phi) is 6.79. The van der Waals surface area contributed by atoms with Crippen LogP contribution in [-0.4, -0.2) is 0 Å². The van der Waals surface area contributed by atoms with Gasteiger partial charge in [-0.05, 0) is 137 Å². The van der Waals surface area contributed by atoms with Crippen molar-refractivity contribution < 1.29 is 0 Å². The Morgan fingerprint density at radius 2 is 1.00 bits per heavy atom. The van der Waals surface area contributed by atoms with Crippen molar-refractivity contribution in [2.75, 3.05) is 4.90 Å². The molecule has 0 heterocycles. The molecule has 0 aromatic heterocycles. The third kappa shape index (κ3) is 4.73. The molecule has 6 aromatic carbocycles. The number of nitrogens with zero attached hydrogens (tertiary/aromatic N) is 1. The van der Waals surface area contributed by atoms with E-state index < -0.39 is 0 Å². The summed E-state index contributed by atoms with van der Waals surface area (Å²) in [6.45, 7) is 4.74. The summed E-state index contributed by atoms with van der Waals surface area (Å²) in [6.07, 6.45) is 8.73. The van der Waals surface area contributed by atoms with Gasteiger partial charge in [-0.2, -0.15) is 0 Å². The van der Waals surface area contributed by atoms with Crippen molar-refractivity contribution in [3.8, 4) is 33.4 Å². The SMILES string of the molecule is CC1(C)c2ccccc2-c2ccc(N(c3ccc(-c4ccc(C56CC7CC(CC(C7)C5)C6)cc4)cc3)c3ccccc3-c3ccccc3)cc21. The number of hydrogen-bond acceptors (Lipinski definition) is 1. The highest BCUT2D eigenvalue weighted by atomic mass is 15.1. The van der Waals surface area contributed by atoms with Crippen molar-refractivity contribution in [2.24, 2.45) is 17.8 Å². The molecule has 1 heteroatoms. The van der Waals surface area contributed by atoms with E-state index >= 15 is 0 Å². The molecule has 0 saturated heterocycles. The first-order valence-corrected chi connectivity index (χ1v) is 18.9. The van der Waals surface area contributed by atoms with E-state index in [1.54, 1.807) is 5.56 Å². The van der Waals surface area contributed by atoms with E-state index in [1.165, 1.54) is 94.4 Å². The maximum atomic E-state index is 2.48. The molecule has 50 heavy (non-hydrogen) atoms. The lowest BCUT2D eigenvalue weighted by atomic mass is 9.48. The molecule has 0 radical (unpaired) electrons. The van der Waals surface area contributed by atoms with Gasteiger partial charge in [0.25, 0.3) is 0 Å². The summed E-state index contributed by atoms with van der Waals surface area (Å²) < 4.78 is 0. The molecule has 1 nitrogen and oxygen atoms in total. The molecule has 0 amide bonds. The zero-order chi connectivity index (χ0) is 33.5. The summed E-state index contributed by atoms with van der Waals surface area (Å²) in [6, 6.07) is 54.7. The minimum atomic E-state index is -0.0707. The van der Waals surface area contributed by atoms with Crippen LogP contribution in [0.5, 0.6) is 0 Å². The Hall–Kier alpha value is -4.88. The van der Waals surface area contributed by atoms with Gasteiger partial charge in [0.15, 0.2) is 0 Å². The van der Waals surface area contributed by atoms with Gasteiger partial charge in [0.2, 0.25) is 0 Å². The fourth-order valence-corrected chi connectivity index (χ4v) is 11.1. The fourth-order valence-electron chi connectivity index (χ4n) is 11.1. The van der Waals surface area contributed by atoms with Crippen LogP contribution < -0.4 is 4.90 Å². The highest BCUT2D eigenvalue weighted by Gasteiger charge is 2.51. The van der Waals surface area contributed by atoms with Crippen molar-refractivity contribution in [2.45, 2.75) is 63.2 Å². The van der Waals surface area contributed by atoms with Crippen LogP contribution in [0.1, 0.15) is 69.1 Å². The van der Waals surface area contributed by atoms with E-state index in [2.05, 4.69) is 164 Å². The lowest BCUT2D eigenvalue weighted by molar-refractivity contribution is -0.00518. The number of fused-ring (bicyclic) bond motifs is 3. The molecule has 0 unspecified atom stereocenters. The van der Waals surface area contributed by atoms with Gasteiger partial charge in [0, 0.05) is 22.4 Å². The molecule has 11 rings (SSSR count). The molecule has 5 aliphatic rings. The van der Waals surface area contributed by atoms with Gasteiger partial charge in [0.1, 0.15) is 0 Å². The zero-order valence-electron chi connectivity index (χ0n) is 29.3. The summed E-state index contributed by atoms with van der Waals surface area (Å²) in [7, 11) is 0.